The minimum Gasteiger partial charge on any atom is -0.312 e. The van der Waals surface area contributed by atoms with Crippen molar-refractivity contribution in [3.05, 3.63) is 35.4 Å². The molecule has 0 spiro atoms. The highest BCUT2D eigenvalue weighted by molar-refractivity contribution is 5.21. The first-order chi connectivity index (χ1) is 8.81. The van der Waals surface area contributed by atoms with Gasteiger partial charge in [-0.2, -0.15) is 0 Å². The summed E-state index contributed by atoms with van der Waals surface area (Å²) in [5.41, 5.74) is 2.74. The van der Waals surface area contributed by atoms with Crippen LogP contribution in [0.4, 0.5) is 0 Å². The van der Waals surface area contributed by atoms with Gasteiger partial charge in [-0.1, -0.05) is 29.8 Å². The summed E-state index contributed by atoms with van der Waals surface area (Å²) in [6, 6.07) is 9.80. The Hall–Kier alpha value is -0.860. The highest BCUT2D eigenvalue weighted by Crippen LogP contribution is 2.31. The lowest BCUT2D eigenvalue weighted by atomic mass is 10.1. The van der Waals surface area contributed by atoms with E-state index in [1.807, 2.05) is 0 Å². The molecule has 1 aromatic rings. The number of hydrogen-bond donors (Lipinski definition) is 1. The molecule has 1 aliphatic heterocycles. The fraction of sp³-hybridized carbons (Fsp3) is 0.625. The second kappa shape index (κ2) is 5.41. The number of aryl methyl sites for hydroxylation is 1. The summed E-state index contributed by atoms with van der Waals surface area (Å²) < 4.78 is 0. The second-order valence-corrected chi connectivity index (χ2v) is 6.00. The molecule has 2 nitrogen and oxygen atoms in total. The van der Waals surface area contributed by atoms with E-state index in [0.717, 1.165) is 18.5 Å². The fourth-order valence-corrected chi connectivity index (χ4v) is 2.93. The van der Waals surface area contributed by atoms with Crippen molar-refractivity contribution in [2.75, 3.05) is 19.6 Å². The Balaban J connectivity index is 1.38. The van der Waals surface area contributed by atoms with Crippen molar-refractivity contribution in [3.63, 3.8) is 0 Å². The molecule has 0 bridgehead atoms. The molecule has 1 aliphatic carbocycles. The Morgan fingerprint density at radius 1 is 1.17 bits per heavy atom. The van der Waals surface area contributed by atoms with E-state index in [9.17, 15) is 0 Å². The minimum atomic E-state index is 0.871. The minimum absolute atomic E-state index is 0.871. The number of rotatable bonds is 5. The molecule has 1 N–H and O–H groups in total. The highest BCUT2D eigenvalue weighted by Gasteiger charge is 2.33. The van der Waals surface area contributed by atoms with Crippen LogP contribution in [-0.2, 0) is 6.54 Å². The van der Waals surface area contributed by atoms with Gasteiger partial charge in [-0.25, -0.2) is 0 Å². The van der Waals surface area contributed by atoms with Crippen LogP contribution in [0.3, 0.4) is 0 Å². The second-order valence-electron chi connectivity index (χ2n) is 6.00. The van der Waals surface area contributed by atoms with E-state index in [0.29, 0.717) is 0 Å². The van der Waals surface area contributed by atoms with Gasteiger partial charge in [0.1, 0.15) is 0 Å². The maximum absolute atomic E-state index is 3.62. The summed E-state index contributed by atoms with van der Waals surface area (Å²) in [6.45, 7) is 6.99. The van der Waals surface area contributed by atoms with Crippen molar-refractivity contribution in [2.45, 2.75) is 38.8 Å². The Bertz CT molecular complexity index is 381. The molecular weight excluding hydrogens is 220 g/mol. The van der Waals surface area contributed by atoms with Crippen molar-refractivity contribution < 1.29 is 0 Å². The number of nitrogens with one attached hydrogen (secondary N) is 1. The standard InChI is InChI=1S/C16H24N2/c1-13-2-4-14(5-3-13)10-17-11-15-8-9-18(12-15)16-6-7-16/h2-5,15-17H,6-12H2,1H3. The van der Waals surface area contributed by atoms with E-state index in [1.165, 1.54) is 50.0 Å². The molecule has 1 saturated carbocycles. The van der Waals surface area contributed by atoms with Crippen molar-refractivity contribution in [1.29, 1.82) is 0 Å². The molecule has 3 rings (SSSR count). The first kappa shape index (κ1) is 12.2. The number of nitrogens with zero attached hydrogens (tertiary/aromatic N) is 1. The molecule has 2 aliphatic rings. The van der Waals surface area contributed by atoms with Gasteiger partial charge in [-0.3, -0.25) is 0 Å². The van der Waals surface area contributed by atoms with Gasteiger partial charge in [-0.15, -0.1) is 0 Å². The third-order valence-corrected chi connectivity index (χ3v) is 4.26. The molecule has 1 aromatic carbocycles. The predicted molar refractivity (Wildman–Crippen MR) is 75.6 cm³/mol. The molecule has 0 aromatic heterocycles. The molecular formula is C16H24N2. The van der Waals surface area contributed by atoms with E-state index in [-0.39, 0.29) is 0 Å². The average molecular weight is 244 g/mol. The summed E-state index contributed by atoms with van der Waals surface area (Å²) >= 11 is 0. The number of benzene rings is 1. The molecule has 1 saturated heterocycles. The molecule has 98 valence electrons. The van der Waals surface area contributed by atoms with Crippen molar-refractivity contribution in [1.82, 2.24) is 10.2 Å². The zero-order chi connectivity index (χ0) is 12.4. The third-order valence-electron chi connectivity index (χ3n) is 4.26. The Kier molecular flexibility index (Phi) is 3.67. The van der Waals surface area contributed by atoms with Crippen LogP contribution in [0.2, 0.25) is 0 Å². The Morgan fingerprint density at radius 3 is 2.67 bits per heavy atom. The lowest BCUT2D eigenvalue weighted by molar-refractivity contribution is 0.312. The molecule has 2 fully saturated rings. The lowest BCUT2D eigenvalue weighted by Gasteiger charge is -2.15. The highest BCUT2D eigenvalue weighted by atomic mass is 15.2. The largest absolute Gasteiger partial charge is 0.312 e. The van der Waals surface area contributed by atoms with Gasteiger partial charge in [0.25, 0.3) is 0 Å². The number of hydrogen-bond acceptors (Lipinski definition) is 2. The summed E-state index contributed by atoms with van der Waals surface area (Å²) in [5.74, 6) is 0.871. The predicted octanol–water partition coefficient (Wildman–Crippen LogP) is 2.57. The van der Waals surface area contributed by atoms with Gasteiger partial charge in [0.15, 0.2) is 0 Å². The first-order valence-electron chi connectivity index (χ1n) is 7.31. The summed E-state index contributed by atoms with van der Waals surface area (Å²) in [4.78, 5) is 2.69. The smallest absolute Gasteiger partial charge is 0.0205 e. The van der Waals surface area contributed by atoms with Gasteiger partial charge in [0.05, 0.1) is 0 Å². The molecule has 18 heavy (non-hydrogen) atoms. The summed E-state index contributed by atoms with van der Waals surface area (Å²) in [6.07, 6.45) is 4.28. The molecule has 0 amide bonds. The van der Waals surface area contributed by atoms with E-state index in [4.69, 9.17) is 0 Å². The zero-order valence-electron chi connectivity index (χ0n) is 11.4. The van der Waals surface area contributed by atoms with E-state index in [1.54, 1.807) is 0 Å². The average Bonchev–Trinajstić information content (AvgIpc) is 3.12. The van der Waals surface area contributed by atoms with Gasteiger partial charge in [0.2, 0.25) is 0 Å². The monoisotopic (exact) mass is 244 g/mol. The van der Waals surface area contributed by atoms with Crippen molar-refractivity contribution in [3.8, 4) is 0 Å². The van der Waals surface area contributed by atoms with Crippen LogP contribution < -0.4 is 5.32 Å². The maximum Gasteiger partial charge on any atom is 0.0205 e. The number of likely N-dealkylation sites (tertiary alicyclic amines) is 1. The van der Waals surface area contributed by atoms with E-state index in [2.05, 4.69) is 41.4 Å². The molecule has 1 heterocycles. The van der Waals surface area contributed by atoms with Crippen LogP contribution in [0.15, 0.2) is 24.3 Å². The van der Waals surface area contributed by atoms with E-state index < -0.39 is 0 Å². The van der Waals surface area contributed by atoms with Gasteiger partial charge >= 0.3 is 0 Å². The van der Waals surface area contributed by atoms with Crippen LogP contribution in [0.1, 0.15) is 30.4 Å². The van der Waals surface area contributed by atoms with Gasteiger partial charge < -0.3 is 10.2 Å². The van der Waals surface area contributed by atoms with Crippen LogP contribution >= 0.6 is 0 Å². The van der Waals surface area contributed by atoms with Crippen molar-refractivity contribution >= 4 is 0 Å². The van der Waals surface area contributed by atoms with Gasteiger partial charge in [0, 0.05) is 19.1 Å². The maximum atomic E-state index is 3.62. The third kappa shape index (κ3) is 3.12. The van der Waals surface area contributed by atoms with Gasteiger partial charge in [-0.05, 0) is 50.8 Å². The summed E-state index contributed by atoms with van der Waals surface area (Å²) in [5, 5.41) is 3.62. The lowest BCUT2D eigenvalue weighted by Crippen LogP contribution is -2.27. The van der Waals surface area contributed by atoms with Crippen molar-refractivity contribution in [2.24, 2.45) is 5.92 Å². The van der Waals surface area contributed by atoms with E-state index >= 15 is 0 Å². The van der Waals surface area contributed by atoms with Crippen LogP contribution in [0.25, 0.3) is 0 Å². The molecule has 2 heteroatoms. The van der Waals surface area contributed by atoms with Crippen LogP contribution in [0, 0.1) is 12.8 Å². The van der Waals surface area contributed by atoms with Crippen LogP contribution in [-0.4, -0.2) is 30.6 Å². The molecule has 0 radical (unpaired) electrons. The SMILES string of the molecule is Cc1ccc(CNCC2CCN(C3CC3)C2)cc1. The Labute approximate surface area is 110 Å². The topological polar surface area (TPSA) is 15.3 Å². The Morgan fingerprint density at radius 2 is 1.94 bits per heavy atom. The molecule has 1 atom stereocenters. The first-order valence-corrected chi connectivity index (χ1v) is 7.31. The zero-order valence-corrected chi connectivity index (χ0v) is 11.4. The summed E-state index contributed by atoms with van der Waals surface area (Å²) in [7, 11) is 0. The van der Waals surface area contributed by atoms with Crippen LogP contribution in [0.5, 0.6) is 0 Å². The fourth-order valence-electron chi connectivity index (χ4n) is 2.93. The normalized spacial score (nSPS) is 24.6. The molecule has 1 unspecified atom stereocenters. The quantitative estimate of drug-likeness (QED) is 0.856.